The van der Waals surface area contributed by atoms with Crippen LogP contribution in [0.1, 0.15) is 23.2 Å². The maximum atomic E-state index is 12.5. The average Bonchev–Trinajstić information content (AvgIpc) is 2.88. The Morgan fingerprint density at radius 2 is 2.16 bits per heavy atom. The summed E-state index contributed by atoms with van der Waals surface area (Å²) in [6.07, 6.45) is 2.49. The number of piperazine rings is 1. The first-order valence-corrected chi connectivity index (χ1v) is 8.09. The van der Waals surface area contributed by atoms with Crippen LogP contribution in [-0.4, -0.2) is 47.9 Å². The lowest BCUT2D eigenvalue weighted by molar-refractivity contribution is 0.0571. The molecule has 3 rings (SSSR count). The highest BCUT2D eigenvalue weighted by atomic mass is 127. The fourth-order valence-corrected chi connectivity index (χ4v) is 3.50. The van der Waals surface area contributed by atoms with Crippen molar-refractivity contribution in [2.24, 2.45) is 0 Å². The lowest BCUT2D eigenvalue weighted by Crippen LogP contribution is -2.52. The molecule has 2 saturated heterocycles. The Kier molecular flexibility index (Phi) is 4.01. The second-order valence-corrected chi connectivity index (χ2v) is 6.78. The van der Waals surface area contributed by atoms with Crippen molar-refractivity contribution in [3.8, 4) is 0 Å². The predicted octanol–water partition coefficient (Wildman–Crippen LogP) is 2.86. The van der Waals surface area contributed by atoms with Crippen LogP contribution in [-0.2, 0) is 0 Å². The first kappa shape index (κ1) is 13.6. The number of hydrogen-bond donors (Lipinski definition) is 0. The largest absolute Gasteiger partial charge is 0.336 e. The third-order valence-electron chi connectivity index (χ3n) is 4.04. The van der Waals surface area contributed by atoms with E-state index in [2.05, 4.69) is 27.5 Å². The van der Waals surface area contributed by atoms with Gasteiger partial charge in [0.2, 0.25) is 0 Å². The number of hydrogen-bond acceptors (Lipinski definition) is 2. The summed E-state index contributed by atoms with van der Waals surface area (Å²) >= 11 is 8.28. The molecule has 0 N–H and O–H groups in total. The van der Waals surface area contributed by atoms with Crippen molar-refractivity contribution in [1.82, 2.24) is 9.80 Å². The van der Waals surface area contributed by atoms with E-state index < -0.39 is 0 Å². The summed E-state index contributed by atoms with van der Waals surface area (Å²) in [6, 6.07) is 6.13. The van der Waals surface area contributed by atoms with Crippen molar-refractivity contribution in [2.45, 2.75) is 18.9 Å². The summed E-state index contributed by atoms with van der Waals surface area (Å²) in [7, 11) is 0. The number of amides is 1. The van der Waals surface area contributed by atoms with E-state index in [-0.39, 0.29) is 5.91 Å². The van der Waals surface area contributed by atoms with Crippen molar-refractivity contribution in [3.05, 3.63) is 32.4 Å². The minimum atomic E-state index is 0.116. The van der Waals surface area contributed by atoms with Gasteiger partial charge < -0.3 is 4.90 Å². The summed E-state index contributed by atoms with van der Waals surface area (Å²) in [5, 5.41) is 0.658. The molecule has 1 atom stereocenters. The molecule has 102 valence electrons. The first-order valence-electron chi connectivity index (χ1n) is 6.63. The second-order valence-electron chi connectivity index (χ2n) is 5.21. The molecule has 0 spiro atoms. The topological polar surface area (TPSA) is 23.6 Å². The van der Waals surface area contributed by atoms with Gasteiger partial charge >= 0.3 is 0 Å². The molecule has 3 nitrogen and oxygen atoms in total. The van der Waals surface area contributed by atoms with E-state index in [9.17, 15) is 4.79 Å². The molecular weight excluding hydrogens is 375 g/mol. The molecule has 1 aromatic rings. The van der Waals surface area contributed by atoms with Gasteiger partial charge in [-0.2, -0.15) is 0 Å². The summed E-state index contributed by atoms with van der Waals surface area (Å²) < 4.78 is 0.983. The van der Waals surface area contributed by atoms with Gasteiger partial charge in [0, 0.05) is 34.8 Å². The van der Waals surface area contributed by atoms with Gasteiger partial charge in [-0.25, -0.2) is 0 Å². The highest BCUT2D eigenvalue weighted by Crippen LogP contribution is 2.24. The summed E-state index contributed by atoms with van der Waals surface area (Å²) in [5.41, 5.74) is 0.705. The number of halogens is 2. The second kappa shape index (κ2) is 5.58. The van der Waals surface area contributed by atoms with Crippen LogP contribution in [0.15, 0.2) is 18.2 Å². The van der Waals surface area contributed by atoms with E-state index in [1.165, 1.54) is 19.4 Å². The zero-order valence-electron chi connectivity index (χ0n) is 10.6. The van der Waals surface area contributed by atoms with Crippen LogP contribution in [0.2, 0.25) is 5.02 Å². The summed E-state index contributed by atoms with van der Waals surface area (Å²) in [5.74, 6) is 0.116. The standard InChI is InChI=1S/C14H16ClIN2O/c15-12-8-10(3-4-13(12)16)14(19)18-7-6-17-5-1-2-11(17)9-18/h3-4,8,11H,1-2,5-7,9H2. The molecule has 1 unspecified atom stereocenters. The van der Waals surface area contributed by atoms with Gasteiger partial charge in [0.1, 0.15) is 0 Å². The van der Waals surface area contributed by atoms with Crippen LogP contribution in [0.3, 0.4) is 0 Å². The fourth-order valence-electron chi connectivity index (χ4n) is 2.99. The minimum Gasteiger partial charge on any atom is -0.336 e. The average molecular weight is 391 g/mol. The highest BCUT2D eigenvalue weighted by Gasteiger charge is 2.32. The third kappa shape index (κ3) is 2.76. The molecule has 1 aromatic carbocycles. The van der Waals surface area contributed by atoms with E-state index in [0.717, 1.165) is 23.2 Å². The van der Waals surface area contributed by atoms with Crippen LogP contribution >= 0.6 is 34.2 Å². The molecule has 0 aliphatic carbocycles. The SMILES string of the molecule is O=C(c1ccc(I)c(Cl)c1)N1CCN2CCCC2C1. The van der Waals surface area contributed by atoms with E-state index in [1.807, 2.05) is 17.0 Å². The minimum absolute atomic E-state index is 0.116. The van der Waals surface area contributed by atoms with Crippen LogP contribution in [0.25, 0.3) is 0 Å². The lowest BCUT2D eigenvalue weighted by Gasteiger charge is -2.37. The fraction of sp³-hybridized carbons (Fsp3) is 0.500. The smallest absolute Gasteiger partial charge is 0.254 e. The maximum Gasteiger partial charge on any atom is 0.254 e. The Hall–Kier alpha value is -0.330. The molecular formula is C14H16ClIN2O. The summed E-state index contributed by atoms with van der Waals surface area (Å²) in [4.78, 5) is 17.0. The molecule has 2 aliphatic heterocycles. The normalized spacial score (nSPS) is 23.5. The predicted molar refractivity (Wildman–Crippen MR) is 84.7 cm³/mol. The zero-order chi connectivity index (χ0) is 13.4. The number of carbonyl (C=O) groups is 1. The number of benzene rings is 1. The van der Waals surface area contributed by atoms with Crippen LogP contribution in [0.4, 0.5) is 0 Å². The molecule has 5 heteroatoms. The molecule has 2 fully saturated rings. The van der Waals surface area contributed by atoms with Gasteiger partial charge in [0.15, 0.2) is 0 Å². The van der Waals surface area contributed by atoms with Gasteiger partial charge in [-0.1, -0.05) is 11.6 Å². The Morgan fingerprint density at radius 3 is 2.95 bits per heavy atom. The third-order valence-corrected chi connectivity index (χ3v) is 5.61. The molecule has 0 saturated carbocycles. The maximum absolute atomic E-state index is 12.5. The van der Waals surface area contributed by atoms with Gasteiger partial charge in [-0.15, -0.1) is 0 Å². The molecule has 0 bridgehead atoms. The zero-order valence-corrected chi connectivity index (χ0v) is 13.5. The van der Waals surface area contributed by atoms with Gasteiger partial charge in [0.05, 0.1) is 5.02 Å². The Balaban J connectivity index is 1.74. The number of nitrogens with zero attached hydrogens (tertiary/aromatic N) is 2. The van der Waals surface area contributed by atoms with Gasteiger partial charge in [-0.3, -0.25) is 9.69 Å². The lowest BCUT2D eigenvalue weighted by atomic mass is 10.1. The quantitative estimate of drug-likeness (QED) is 0.689. The molecule has 0 radical (unpaired) electrons. The van der Waals surface area contributed by atoms with E-state index >= 15 is 0 Å². The van der Waals surface area contributed by atoms with E-state index in [4.69, 9.17) is 11.6 Å². The molecule has 2 aliphatic rings. The molecule has 2 heterocycles. The van der Waals surface area contributed by atoms with E-state index in [0.29, 0.717) is 16.6 Å². The van der Waals surface area contributed by atoms with Gasteiger partial charge in [0.25, 0.3) is 5.91 Å². The summed E-state index contributed by atoms with van der Waals surface area (Å²) in [6.45, 7) is 3.90. The molecule has 19 heavy (non-hydrogen) atoms. The van der Waals surface area contributed by atoms with E-state index in [1.54, 1.807) is 6.07 Å². The van der Waals surface area contributed by atoms with Gasteiger partial charge in [-0.05, 0) is 60.2 Å². The number of fused-ring (bicyclic) bond motifs is 1. The number of carbonyl (C=O) groups excluding carboxylic acids is 1. The van der Waals surface area contributed by atoms with Crippen molar-refractivity contribution in [2.75, 3.05) is 26.2 Å². The van der Waals surface area contributed by atoms with Crippen molar-refractivity contribution in [3.63, 3.8) is 0 Å². The Bertz CT molecular complexity index is 508. The Morgan fingerprint density at radius 1 is 1.32 bits per heavy atom. The number of rotatable bonds is 1. The van der Waals surface area contributed by atoms with Crippen molar-refractivity contribution >= 4 is 40.1 Å². The first-order chi connectivity index (χ1) is 9.15. The molecule has 0 aromatic heterocycles. The monoisotopic (exact) mass is 390 g/mol. The van der Waals surface area contributed by atoms with Crippen LogP contribution in [0.5, 0.6) is 0 Å². The van der Waals surface area contributed by atoms with Crippen LogP contribution in [0, 0.1) is 3.57 Å². The molecule has 1 amide bonds. The van der Waals surface area contributed by atoms with Crippen molar-refractivity contribution in [1.29, 1.82) is 0 Å². The Labute approximate surface area is 132 Å². The highest BCUT2D eigenvalue weighted by molar-refractivity contribution is 14.1. The van der Waals surface area contributed by atoms with Crippen LogP contribution < -0.4 is 0 Å². The van der Waals surface area contributed by atoms with Crippen molar-refractivity contribution < 1.29 is 4.79 Å².